The first-order valence-corrected chi connectivity index (χ1v) is 12.1. The lowest BCUT2D eigenvalue weighted by Crippen LogP contribution is -2.37. The highest BCUT2D eigenvalue weighted by Gasteiger charge is 2.23. The van der Waals surface area contributed by atoms with E-state index in [1.165, 1.54) is 0 Å². The Morgan fingerprint density at radius 3 is 2.35 bits per heavy atom. The third-order valence-corrected chi connectivity index (χ3v) is 5.44. The zero-order valence-electron chi connectivity index (χ0n) is 21.4. The van der Waals surface area contributed by atoms with Gasteiger partial charge in [0.1, 0.15) is 5.75 Å². The van der Waals surface area contributed by atoms with E-state index < -0.39 is 6.10 Å². The number of para-hydroxylation sites is 1. The Labute approximate surface area is 204 Å². The second-order valence-corrected chi connectivity index (χ2v) is 9.66. The number of hydrogen-bond donors (Lipinski definition) is 1. The van der Waals surface area contributed by atoms with E-state index >= 15 is 0 Å². The van der Waals surface area contributed by atoms with Crippen molar-refractivity contribution in [3.8, 4) is 17.3 Å². The molecule has 0 aliphatic carbocycles. The van der Waals surface area contributed by atoms with Crippen LogP contribution in [-0.2, 0) is 11.3 Å². The van der Waals surface area contributed by atoms with Gasteiger partial charge < -0.3 is 14.6 Å². The van der Waals surface area contributed by atoms with E-state index in [4.69, 9.17) is 14.6 Å². The summed E-state index contributed by atoms with van der Waals surface area (Å²) >= 11 is 0. The van der Waals surface area contributed by atoms with Crippen LogP contribution in [0, 0.1) is 19.8 Å². The SMILES string of the molecule is Cc1cccc(Oc2c(CN(CC(C)C)C[C@H](O)COC(C)C)c(C)nn2-c2ccccc2)c1. The molecule has 6 nitrogen and oxygen atoms in total. The van der Waals surface area contributed by atoms with Gasteiger partial charge >= 0.3 is 0 Å². The summed E-state index contributed by atoms with van der Waals surface area (Å²) < 4.78 is 14.0. The Morgan fingerprint density at radius 2 is 1.71 bits per heavy atom. The minimum Gasteiger partial charge on any atom is -0.439 e. The molecular weight excluding hydrogens is 426 g/mol. The van der Waals surface area contributed by atoms with E-state index in [9.17, 15) is 5.11 Å². The second kappa shape index (κ2) is 12.2. The largest absolute Gasteiger partial charge is 0.439 e. The molecule has 1 aromatic heterocycles. The number of aryl methyl sites for hydroxylation is 2. The Morgan fingerprint density at radius 1 is 0.971 bits per heavy atom. The van der Waals surface area contributed by atoms with Crippen molar-refractivity contribution in [3.63, 3.8) is 0 Å². The molecule has 3 rings (SSSR count). The summed E-state index contributed by atoms with van der Waals surface area (Å²) in [6.07, 6.45) is -0.472. The molecule has 0 aliphatic heterocycles. The fraction of sp³-hybridized carbons (Fsp3) is 0.464. The molecule has 0 saturated heterocycles. The van der Waals surface area contributed by atoms with Crippen molar-refractivity contribution in [2.45, 2.75) is 60.3 Å². The lowest BCUT2D eigenvalue weighted by Gasteiger charge is -2.27. The van der Waals surface area contributed by atoms with Crippen molar-refractivity contribution in [1.29, 1.82) is 0 Å². The minimum absolute atomic E-state index is 0.0916. The third-order valence-electron chi connectivity index (χ3n) is 5.44. The molecule has 0 fully saturated rings. The summed E-state index contributed by atoms with van der Waals surface area (Å²) in [6, 6.07) is 18.1. The van der Waals surface area contributed by atoms with Gasteiger partial charge in [0.15, 0.2) is 0 Å². The maximum absolute atomic E-state index is 10.6. The predicted molar refractivity (Wildman–Crippen MR) is 137 cm³/mol. The average molecular weight is 466 g/mol. The van der Waals surface area contributed by atoms with Gasteiger partial charge in [-0.3, -0.25) is 4.90 Å². The molecule has 1 N–H and O–H groups in total. The van der Waals surface area contributed by atoms with E-state index in [0.717, 1.165) is 34.8 Å². The standard InChI is InChI=1S/C28H39N3O3/c1-20(2)16-30(17-25(32)19-33-21(3)4)18-27-23(6)29-31(24-12-8-7-9-13-24)28(27)34-26-14-10-11-22(5)15-26/h7-15,20-21,25,32H,16-19H2,1-6H3/t25-/m0/s1. The highest BCUT2D eigenvalue weighted by molar-refractivity contribution is 5.43. The van der Waals surface area contributed by atoms with Crippen LogP contribution in [0.2, 0.25) is 0 Å². The first kappa shape index (κ1) is 25.9. The minimum atomic E-state index is -0.563. The van der Waals surface area contributed by atoms with Crippen LogP contribution in [0.15, 0.2) is 54.6 Å². The van der Waals surface area contributed by atoms with Crippen molar-refractivity contribution in [3.05, 3.63) is 71.4 Å². The number of aliphatic hydroxyl groups is 1. The number of hydrogen-bond acceptors (Lipinski definition) is 5. The van der Waals surface area contributed by atoms with Crippen LogP contribution in [0.4, 0.5) is 0 Å². The summed E-state index contributed by atoms with van der Waals surface area (Å²) in [5.41, 5.74) is 4.01. The number of rotatable bonds is 12. The van der Waals surface area contributed by atoms with Gasteiger partial charge in [-0.1, -0.05) is 44.2 Å². The molecule has 3 aromatic rings. The predicted octanol–water partition coefficient (Wildman–Crippen LogP) is 5.53. The monoisotopic (exact) mass is 465 g/mol. The number of aromatic nitrogens is 2. The number of aliphatic hydroxyl groups excluding tert-OH is 1. The highest BCUT2D eigenvalue weighted by Crippen LogP contribution is 2.32. The quantitative estimate of drug-likeness (QED) is 0.381. The fourth-order valence-corrected chi connectivity index (χ4v) is 3.96. The van der Waals surface area contributed by atoms with E-state index in [2.05, 4.69) is 31.7 Å². The van der Waals surface area contributed by atoms with Gasteiger partial charge in [-0.2, -0.15) is 5.10 Å². The molecular formula is C28H39N3O3. The molecule has 184 valence electrons. The van der Waals surface area contributed by atoms with Gasteiger partial charge in [0.05, 0.1) is 35.8 Å². The van der Waals surface area contributed by atoms with Crippen molar-refractivity contribution < 1.29 is 14.6 Å². The lowest BCUT2D eigenvalue weighted by atomic mass is 10.1. The van der Waals surface area contributed by atoms with Crippen LogP contribution in [0.1, 0.15) is 44.5 Å². The molecule has 0 saturated carbocycles. The van der Waals surface area contributed by atoms with Crippen LogP contribution in [0.5, 0.6) is 11.6 Å². The molecule has 0 aliphatic rings. The third kappa shape index (κ3) is 7.42. The van der Waals surface area contributed by atoms with Crippen LogP contribution in [-0.4, -0.2) is 51.7 Å². The van der Waals surface area contributed by atoms with Crippen molar-refractivity contribution in [1.82, 2.24) is 14.7 Å². The summed E-state index contributed by atoms with van der Waals surface area (Å²) in [4.78, 5) is 2.27. The van der Waals surface area contributed by atoms with Crippen LogP contribution >= 0.6 is 0 Å². The Bertz CT molecular complexity index is 1030. The maximum Gasteiger partial charge on any atom is 0.227 e. The molecule has 1 atom stereocenters. The van der Waals surface area contributed by atoms with Gasteiger partial charge in [0.2, 0.25) is 5.88 Å². The molecule has 0 amide bonds. The van der Waals surface area contributed by atoms with Crippen molar-refractivity contribution >= 4 is 0 Å². The number of nitrogens with zero attached hydrogens (tertiary/aromatic N) is 3. The molecule has 0 unspecified atom stereocenters. The normalized spacial score (nSPS) is 12.6. The van der Waals surface area contributed by atoms with E-state index in [-0.39, 0.29) is 6.10 Å². The van der Waals surface area contributed by atoms with Gasteiger partial charge in [0.25, 0.3) is 0 Å². The van der Waals surface area contributed by atoms with Gasteiger partial charge in [-0.15, -0.1) is 0 Å². The van der Waals surface area contributed by atoms with Gasteiger partial charge in [-0.25, -0.2) is 4.68 Å². The maximum atomic E-state index is 10.6. The zero-order valence-corrected chi connectivity index (χ0v) is 21.4. The Balaban J connectivity index is 1.95. The summed E-state index contributed by atoms with van der Waals surface area (Å²) in [7, 11) is 0. The van der Waals surface area contributed by atoms with Crippen LogP contribution in [0.3, 0.4) is 0 Å². The summed E-state index contributed by atoms with van der Waals surface area (Å²) in [5.74, 6) is 1.93. The molecule has 34 heavy (non-hydrogen) atoms. The van der Waals surface area contributed by atoms with Crippen molar-refractivity contribution in [2.24, 2.45) is 5.92 Å². The molecule has 0 radical (unpaired) electrons. The lowest BCUT2D eigenvalue weighted by molar-refractivity contribution is -0.0109. The Kier molecular flexibility index (Phi) is 9.28. The molecule has 0 spiro atoms. The highest BCUT2D eigenvalue weighted by atomic mass is 16.5. The molecule has 2 aromatic carbocycles. The van der Waals surface area contributed by atoms with Crippen LogP contribution in [0.25, 0.3) is 5.69 Å². The van der Waals surface area contributed by atoms with Gasteiger partial charge in [0, 0.05) is 19.6 Å². The smallest absolute Gasteiger partial charge is 0.227 e. The molecule has 0 bridgehead atoms. The Hall–Kier alpha value is -2.67. The summed E-state index contributed by atoms with van der Waals surface area (Å²) in [5, 5.41) is 15.5. The van der Waals surface area contributed by atoms with Crippen molar-refractivity contribution in [2.75, 3.05) is 19.7 Å². The summed E-state index contributed by atoms with van der Waals surface area (Å²) in [6.45, 7) is 14.7. The number of benzene rings is 2. The van der Waals surface area contributed by atoms with Gasteiger partial charge in [-0.05, 0) is 63.4 Å². The zero-order chi connectivity index (χ0) is 24.7. The first-order valence-electron chi connectivity index (χ1n) is 12.1. The first-order chi connectivity index (χ1) is 16.2. The van der Waals surface area contributed by atoms with E-state index in [1.807, 2.05) is 74.0 Å². The van der Waals surface area contributed by atoms with E-state index in [1.54, 1.807) is 0 Å². The van der Waals surface area contributed by atoms with Crippen LogP contribution < -0.4 is 4.74 Å². The second-order valence-electron chi connectivity index (χ2n) is 9.66. The fourth-order valence-electron chi connectivity index (χ4n) is 3.96. The molecule has 6 heteroatoms. The number of ether oxygens (including phenoxy) is 2. The molecule has 1 heterocycles. The van der Waals surface area contributed by atoms with E-state index in [0.29, 0.717) is 31.5 Å². The topological polar surface area (TPSA) is 59.8 Å². The average Bonchev–Trinajstić information content (AvgIpc) is 3.07.